The lowest BCUT2D eigenvalue weighted by Crippen LogP contribution is -2.09. The van der Waals surface area contributed by atoms with Gasteiger partial charge >= 0.3 is 0 Å². The number of rotatable bonds is 5. The van der Waals surface area contributed by atoms with E-state index < -0.39 is 0 Å². The molecule has 3 aromatic rings. The van der Waals surface area contributed by atoms with Gasteiger partial charge in [-0.2, -0.15) is 5.10 Å². The SMILES string of the molecule is CC(C)CNc1cc(-c2cn[nH]c2-c2ccccc2)ccc1N. The second kappa shape index (κ2) is 6.57. The molecule has 0 saturated carbocycles. The summed E-state index contributed by atoms with van der Waals surface area (Å²) in [5.74, 6) is 0.562. The number of aromatic nitrogens is 2. The number of benzene rings is 2. The normalized spacial score (nSPS) is 10.9. The van der Waals surface area contributed by atoms with Crippen molar-refractivity contribution in [3.63, 3.8) is 0 Å². The largest absolute Gasteiger partial charge is 0.397 e. The van der Waals surface area contributed by atoms with E-state index in [1.54, 1.807) is 0 Å². The van der Waals surface area contributed by atoms with Gasteiger partial charge in [-0.05, 0) is 23.6 Å². The van der Waals surface area contributed by atoms with Crippen LogP contribution < -0.4 is 11.1 Å². The van der Waals surface area contributed by atoms with Crippen molar-refractivity contribution < 1.29 is 0 Å². The summed E-state index contributed by atoms with van der Waals surface area (Å²) in [5, 5.41) is 10.7. The molecule has 4 N–H and O–H groups in total. The average molecular weight is 306 g/mol. The first-order chi connectivity index (χ1) is 11.1. The van der Waals surface area contributed by atoms with Crippen molar-refractivity contribution in [2.45, 2.75) is 13.8 Å². The monoisotopic (exact) mass is 306 g/mol. The topological polar surface area (TPSA) is 66.7 Å². The fourth-order valence-electron chi connectivity index (χ4n) is 2.52. The van der Waals surface area contributed by atoms with E-state index in [2.05, 4.69) is 47.6 Å². The Morgan fingerprint density at radius 1 is 1.09 bits per heavy atom. The number of nitrogens with zero attached hydrogens (tertiary/aromatic N) is 1. The van der Waals surface area contributed by atoms with Crippen LogP contribution in [0.2, 0.25) is 0 Å². The van der Waals surface area contributed by atoms with E-state index in [0.29, 0.717) is 5.92 Å². The molecule has 0 unspecified atom stereocenters. The van der Waals surface area contributed by atoms with Crippen molar-refractivity contribution in [3.05, 3.63) is 54.7 Å². The summed E-state index contributed by atoms with van der Waals surface area (Å²) in [5.41, 5.74) is 12.1. The summed E-state index contributed by atoms with van der Waals surface area (Å²) in [6.07, 6.45) is 1.86. The van der Waals surface area contributed by atoms with Gasteiger partial charge < -0.3 is 11.1 Å². The number of nitrogen functional groups attached to an aromatic ring is 1. The maximum absolute atomic E-state index is 6.09. The van der Waals surface area contributed by atoms with Crippen LogP contribution in [0.15, 0.2) is 54.7 Å². The van der Waals surface area contributed by atoms with Crippen LogP contribution in [-0.2, 0) is 0 Å². The Kier molecular flexibility index (Phi) is 4.33. The number of hydrogen-bond donors (Lipinski definition) is 3. The van der Waals surface area contributed by atoms with E-state index in [-0.39, 0.29) is 0 Å². The zero-order chi connectivity index (χ0) is 16.2. The number of nitrogens with two attached hydrogens (primary N) is 1. The van der Waals surface area contributed by atoms with Crippen LogP contribution >= 0.6 is 0 Å². The fourth-order valence-corrected chi connectivity index (χ4v) is 2.52. The van der Waals surface area contributed by atoms with Crippen LogP contribution in [-0.4, -0.2) is 16.7 Å². The highest BCUT2D eigenvalue weighted by Gasteiger charge is 2.11. The van der Waals surface area contributed by atoms with Gasteiger partial charge in [0.1, 0.15) is 0 Å². The number of aromatic amines is 1. The smallest absolute Gasteiger partial charge is 0.0728 e. The molecule has 118 valence electrons. The van der Waals surface area contributed by atoms with Crippen molar-refractivity contribution >= 4 is 11.4 Å². The van der Waals surface area contributed by atoms with Gasteiger partial charge in [0, 0.05) is 17.7 Å². The molecule has 0 spiro atoms. The van der Waals surface area contributed by atoms with Crippen molar-refractivity contribution in [1.82, 2.24) is 10.2 Å². The molecular formula is C19H22N4. The first-order valence-corrected chi connectivity index (χ1v) is 7.87. The molecule has 0 aliphatic carbocycles. The first-order valence-electron chi connectivity index (χ1n) is 7.87. The molecule has 1 aromatic heterocycles. The lowest BCUT2D eigenvalue weighted by atomic mass is 10.0. The minimum Gasteiger partial charge on any atom is -0.397 e. The highest BCUT2D eigenvalue weighted by atomic mass is 15.1. The van der Waals surface area contributed by atoms with Gasteiger partial charge in [-0.25, -0.2) is 0 Å². The number of anilines is 2. The summed E-state index contributed by atoms with van der Waals surface area (Å²) >= 11 is 0. The maximum atomic E-state index is 6.09. The Morgan fingerprint density at radius 2 is 1.87 bits per heavy atom. The van der Waals surface area contributed by atoms with Gasteiger partial charge in [0.2, 0.25) is 0 Å². The Labute approximate surface area is 136 Å². The minimum absolute atomic E-state index is 0.562. The molecule has 0 aliphatic heterocycles. The van der Waals surface area contributed by atoms with Crippen molar-refractivity contribution in [1.29, 1.82) is 0 Å². The number of nitrogens with one attached hydrogen (secondary N) is 2. The zero-order valence-electron chi connectivity index (χ0n) is 13.5. The summed E-state index contributed by atoms with van der Waals surface area (Å²) < 4.78 is 0. The number of H-pyrrole nitrogens is 1. The Morgan fingerprint density at radius 3 is 2.61 bits per heavy atom. The van der Waals surface area contributed by atoms with Crippen molar-refractivity contribution in [3.8, 4) is 22.4 Å². The van der Waals surface area contributed by atoms with Gasteiger partial charge in [-0.15, -0.1) is 0 Å². The molecule has 0 aliphatic rings. The van der Waals surface area contributed by atoms with Crippen LogP contribution in [0.25, 0.3) is 22.4 Å². The third-order valence-electron chi connectivity index (χ3n) is 3.77. The predicted molar refractivity (Wildman–Crippen MR) is 97.2 cm³/mol. The molecular weight excluding hydrogens is 284 g/mol. The van der Waals surface area contributed by atoms with Crippen LogP contribution in [0.3, 0.4) is 0 Å². The molecule has 2 aromatic carbocycles. The third kappa shape index (κ3) is 3.37. The van der Waals surface area contributed by atoms with E-state index in [0.717, 1.165) is 40.3 Å². The molecule has 4 heteroatoms. The molecule has 0 saturated heterocycles. The number of hydrogen-bond acceptors (Lipinski definition) is 3. The lowest BCUT2D eigenvalue weighted by molar-refractivity contribution is 0.689. The maximum Gasteiger partial charge on any atom is 0.0728 e. The molecule has 0 bridgehead atoms. The third-order valence-corrected chi connectivity index (χ3v) is 3.77. The van der Waals surface area contributed by atoms with E-state index in [4.69, 9.17) is 5.73 Å². The van der Waals surface area contributed by atoms with E-state index >= 15 is 0 Å². The molecule has 23 heavy (non-hydrogen) atoms. The Balaban J connectivity index is 1.97. The van der Waals surface area contributed by atoms with Gasteiger partial charge in [-0.1, -0.05) is 50.2 Å². The molecule has 4 nitrogen and oxygen atoms in total. The Hall–Kier alpha value is -2.75. The quantitative estimate of drug-likeness (QED) is 0.612. The zero-order valence-corrected chi connectivity index (χ0v) is 13.5. The second-order valence-electron chi connectivity index (χ2n) is 6.10. The molecule has 0 fully saturated rings. The predicted octanol–water partition coefficient (Wildman–Crippen LogP) is 4.39. The average Bonchev–Trinajstić information content (AvgIpc) is 3.04. The van der Waals surface area contributed by atoms with Gasteiger partial charge in [0.25, 0.3) is 0 Å². The van der Waals surface area contributed by atoms with Crippen LogP contribution in [0.5, 0.6) is 0 Å². The van der Waals surface area contributed by atoms with Crippen LogP contribution in [0.4, 0.5) is 11.4 Å². The second-order valence-corrected chi connectivity index (χ2v) is 6.10. The van der Waals surface area contributed by atoms with Gasteiger partial charge in [0.15, 0.2) is 0 Å². The van der Waals surface area contributed by atoms with Crippen molar-refractivity contribution in [2.75, 3.05) is 17.6 Å². The lowest BCUT2D eigenvalue weighted by Gasteiger charge is -2.13. The van der Waals surface area contributed by atoms with Crippen LogP contribution in [0.1, 0.15) is 13.8 Å². The summed E-state index contributed by atoms with van der Waals surface area (Å²) in [7, 11) is 0. The highest BCUT2D eigenvalue weighted by Crippen LogP contribution is 2.33. The molecule has 0 amide bonds. The summed E-state index contributed by atoms with van der Waals surface area (Å²) in [6.45, 7) is 5.25. The summed E-state index contributed by atoms with van der Waals surface area (Å²) in [4.78, 5) is 0. The van der Waals surface area contributed by atoms with Gasteiger partial charge in [0.05, 0.1) is 23.3 Å². The molecule has 0 radical (unpaired) electrons. The van der Waals surface area contributed by atoms with E-state index in [1.807, 2.05) is 36.5 Å². The van der Waals surface area contributed by atoms with E-state index in [9.17, 15) is 0 Å². The Bertz CT molecular complexity index is 775. The van der Waals surface area contributed by atoms with E-state index in [1.165, 1.54) is 0 Å². The summed E-state index contributed by atoms with van der Waals surface area (Å²) in [6, 6.07) is 16.3. The standard InChI is InChI=1S/C19H22N4/c1-13(2)11-21-18-10-15(8-9-17(18)20)16-12-22-23-19(16)14-6-4-3-5-7-14/h3-10,12-13,21H,11,20H2,1-2H3,(H,22,23). The van der Waals surface area contributed by atoms with Gasteiger partial charge in [-0.3, -0.25) is 5.10 Å². The fraction of sp³-hybridized carbons (Fsp3) is 0.211. The molecule has 1 heterocycles. The van der Waals surface area contributed by atoms with Crippen molar-refractivity contribution in [2.24, 2.45) is 5.92 Å². The highest BCUT2D eigenvalue weighted by molar-refractivity contribution is 5.84. The molecule has 0 atom stereocenters. The van der Waals surface area contributed by atoms with Crippen LogP contribution in [0, 0.1) is 5.92 Å². The minimum atomic E-state index is 0.562. The first kappa shape index (κ1) is 15.2. The molecule has 3 rings (SSSR count).